The zero-order valence-electron chi connectivity index (χ0n) is 14.0. The first-order valence-electron chi connectivity index (χ1n) is 7.57. The van der Waals surface area contributed by atoms with Gasteiger partial charge in [0.2, 0.25) is 0 Å². The minimum absolute atomic E-state index is 0.120. The summed E-state index contributed by atoms with van der Waals surface area (Å²) in [5.41, 5.74) is 0.0199. The van der Waals surface area contributed by atoms with Crippen LogP contribution in [0.2, 0.25) is 0 Å². The van der Waals surface area contributed by atoms with Crippen LogP contribution in [-0.2, 0) is 13.0 Å². The highest BCUT2D eigenvalue weighted by Crippen LogP contribution is 2.27. The molecule has 0 aliphatic rings. The van der Waals surface area contributed by atoms with Gasteiger partial charge < -0.3 is 19.2 Å². The highest BCUT2D eigenvalue weighted by molar-refractivity contribution is 5.96. The molecule has 1 aromatic carbocycles. The smallest absolute Gasteiger partial charge is 0.478 e. The quantitative estimate of drug-likeness (QED) is 0.837. The molecule has 0 aliphatic heterocycles. The van der Waals surface area contributed by atoms with E-state index in [2.05, 4.69) is 4.74 Å². The highest BCUT2D eigenvalue weighted by atomic mass is 19.4. The van der Waals surface area contributed by atoms with Crippen LogP contribution in [0.5, 0.6) is 5.75 Å². The maximum atomic E-state index is 12.5. The van der Waals surface area contributed by atoms with E-state index >= 15 is 0 Å². The molecule has 1 N–H and O–H groups in total. The zero-order chi connectivity index (χ0) is 19.5. The van der Waals surface area contributed by atoms with Crippen LogP contribution >= 0.6 is 0 Å². The fraction of sp³-hybridized carbons (Fsp3) is 0.294. The Kier molecular flexibility index (Phi) is 5.59. The van der Waals surface area contributed by atoms with E-state index in [1.807, 2.05) is 0 Å². The van der Waals surface area contributed by atoms with Crippen molar-refractivity contribution in [3.05, 3.63) is 53.0 Å². The third-order valence-corrected chi connectivity index (χ3v) is 3.52. The fourth-order valence-corrected chi connectivity index (χ4v) is 2.35. The van der Waals surface area contributed by atoms with E-state index in [-0.39, 0.29) is 35.6 Å². The third-order valence-electron chi connectivity index (χ3n) is 3.52. The molecule has 0 atom stereocenters. The van der Waals surface area contributed by atoms with Crippen LogP contribution in [-0.4, -0.2) is 35.3 Å². The lowest BCUT2D eigenvalue weighted by molar-refractivity contribution is -0.275. The van der Waals surface area contributed by atoms with Gasteiger partial charge >= 0.3 is 12.3 Å². The molecular formula is C17H16F3NO5. The summed E-state index contributed by atoms with van der Waals surface area (Å²) < 4.78 is 46.6. The number of carbonyl (C=O) groups is 2. The van der Waals surface area contributed by atoms with E-state index in [9.17, 15) is 22.8 Å². The van der Waals surface area contributed by atoms with E-state index in [1.165, 1.54) is 25.2 Å². The molecule has 1 amide bonds. The van der Waals surface area contributed by atoms with Gasteiger partial charge in [0.15, 0.2) is 5.76 Å². The summed E-state index contributed by atoms with van der Waals surface area (Å²) in [4.78, 5) is 24.7. The molecule has 0 radical (unpaired) electrons. The molecule has 6 nitrogen and oxygen atoms in total. The number of rotatable bonds is 6. The lowest BCUT2D eigenvalue weighted by atomic mass is 10.2. The number of carboxylic acids is 1. The topological polar surface area (TPSA) is 80.0 Å². The molecule has 0 spiro atoms. The first-order chi connectivity index (χ1) is 12.1. The normalized spacial score (nSPS) is 11.3. The van der Waals surface area contributed by atoms with Gasteiger partial charge in [-0.3, -0.25) is 4.79 Å². The maximum Gasteiger partial charge on any atom is 0.573 e. The monoisotopic (exact) mass is 371 g/mol. The van der Waals surface area contributed by atoms with Crippen molar-refractivity contribution in [1.29, 1.82) is 0 Å². The van der Waals surface area contributed by atoms with Crippen LogP contribution in [0.4, 0.5) is 13.2 Å². The van der Waals surface area contributed by atoms with Crippen molar-refractivity contribution in [3.63, 3.8) is 0 Å². The predicted octanol–water partition coefficient (Wildman–Crippen LogP) is 3.71. The van der Waals surface area contributed by atoms with Crippen molar-refractivity contribution in [3.8, 4) is 5.75 Å². The van der Waals surface area contributed by atoms with Gasteiger partial charge in [0.25, 0.3) is 5.91 Å². The van der Waals surface area contributed by atoms with Gasteiger partial charge in [-0.05, 0) is 6.07 Å². The third kappa shape index (κ3) is 4.56. The Morgan fingerprint density at radius 1 is 1.27 bits per heavy atom. The van der Waals surface area contributed by atoms with Crippen LogP contribution in [0.25, 0.3) is 0 Å². The first-order valence-corrected chi connectivity index (χ1v) is 7.57. The standard InChI is InChI=1S/C17H16F3NO5/c1-3-12-11(16(23)24)8-14(25-12)15(22)21(2)9-10-6-4-5-7-13(10)26-17(18,19)20/h4-8H,3,9H2,1-2H3,(H,23,24). The minimum Gasteiger partial charge on any atom is -0.478 e. The highest BCUT2D eigenvalue weighted by Gasteiger charge is 2.32. The van der Waals surface area contributed by atoms with Gasteiger partial charge in [0.05, 0.1) is 0 Å². The summed E-state index contributed by atoms with van der Waals surface area (Å²) >= 11 is 0. The van der Waals surface area contributed by atoms with Crippen molar-refractivity contribution in [2.45, 2.75) is 26.3 Å². The van der Waals surface area contributed by atoms with Crippen molar-refractivity contribution >= 4 is 11.9 Å². The summed E-state index contributed by atoms with van der Waals surface area (Å²) in [6.45, 7) is 1.49. The Morgan fingerprint density at radius 2 is 1.92 bits per heavy atom. The number of hydrogen-bond donors (Lipinski definition) is 1. The number of carbonyl (C=O) groups excluding carboxylic acids is 1. The number of hydrogen-bond acceptors (Lipinski definition) is 4. The molecule has 0 unspecified atom stereocenters. The molecule has 0 aliphatic carbocycles. The maximum absolute atomic E-state index is 12.5. The second-order valence-corrected chi connectivity index (χ2v) is 5.42. The minimum atomic E-state index is -4.86. The van der Waals surface area contributed by atoms with E-state index < -0.39 is 24.0 Å². The fourth-order valence-electron chi connectivity index (χ4n) is 2.35. The Morgan fingerprint density at radius 3 is 2.46 bits per heavy atom. The SMILES string of the molecule is CCc1oc(C(=O)N(C)Cc2ccccc2OC(F)(F)F)cc1C(=O)O. The molecule has 2 aromatic rings. The van der Waals surface area contributed by atoms with Crippen LogP contribution < -0.4 is 4.74 Å². The van der Waals surface area contributed by atoms with Gasteiger partial charge in [0, 0.05) is 31.6 Å². The lowest BCUT2D eigenvalue weighted by Gasteiger charge is -2.19. The Bertz CT molecular complexity index is 813. The molecule has 1 heterocycles. The number of halogens is 3. The van der Waals surface area contributed by atoms with Crippen LogP contribution in [0.3, 0.4) is 0 Å². The lowest BCUT2D eigenvalue weighted by Crippen LogP contribution is -2.27. The molecule has 26 heavy (non-hydrogen) atoms. The van der Waals surface area contributed by atoms with Crippen LogP contribution in [0.15, 0.2) is 34.7 Å². The predicted molar refractivity (Wildman–Crippen MR) is 84.0 cm³/mol. The van der Waals surface area contributed by atoms with Crippen LogP contribution in [0.1, 0.15) is 39.2 Å². The van der Waals surface area contributed by atoms with Gasteiger partial charge in [0.1, 0.15) is 17.1 Å². The van der Waals surface area contributed by atoms with Crippen LogP contribution in [0, 0.1) is 0 Å². The Balaban J connectivity index is 2.22. The number of para-hydroxylation sites is 1. The van der Waals surface area contributed by atoms with Gasteiger partial charge in [-0.15, -0.1) is 13.2 Å². The van der Waals surface area contributed by atoms with E-state index in [0.717, 1.165) is 17.0 Å². The Labute approximate surface area is 146 Å². The number of ether oxygens (including phenoxy) is 1. The summed E-state index contributed by atoms with van der Waals surface area (Å²) in [7, 11) is 1.36. The van der Waals surface area contributed by atoms with Gasteiger partial charge in [-0.1, -0.05) is 25.1 Å². The van der Waals surface area contributed by atoms with Crippen molar-refractivity contribution in [2.24, 2.45) is 0 Å². The number of furan rings is 1. The number of benzene rings is 1. The summed E-state index contributed by atoms with van der Waals surface area (Å²) in [6, 6.07) is 6.55. The molecule has 9 heteroatoms. The van der Waals surface area contributed by atoms with E-state index in [4.69, 9.17) is 9.52 Å². The van der Waals surface area contributed by atoms with Gasteiger partial charge in [-0.2, -0.15) is 0 Å². The number of amides is 1. The van der Waals surface area contributed by atoms with E-state index in [0.29, 0.717) is 0 Å². The van der Waals surface area contributed by atoms with Crippen molar-refractivity contribution < 1.29 is 37.0 Å². The molecule has 1 aromatic heterocycles. The number of alkyl halides is 3. The number of aromatic carboxylic acids is 1. The Hall–Kier alpha value is -2.97. The summed E-state index contributed by atoms with van der Waals surface area (Å²) in [5.74, 6) is -2.35. The number of nitrogens with zero attached hydrogens (tertiary/aromatic N) is 1. The summed E-state index contributed by atoms with van der Waals surface area (Å²) in [5, 5.41) is 9.10. The molecule has 0 fully saturated rings. The van der Waals surface area contributed by atoms with E-state index in [1.54, 1.807) is 6.92 Å². The van der Waals surface area contributed by atoms with Crippen molar-refractivity contribution in [1.82, 2.24) is 4.90 Å². The molecular weight excluding hydrogens is 355 g/mol. The molecule has 2 rings (SSSR count). The average Bonchev–Trinajstić information content (AvgIpc) is 2.99. The molecule has 0 saturated carbocycles. The second-order valence-electron chi connectivity index (χ2n) is 5.42. The molecule has 0 bridgehead atoms. The van der Waals surface area contributed by atoms with Gasteiger partial charge in [-0.25, -0.2) is 4.79 Å². The number of carboxylic acid groups (broad SMARTS) is 1. The largest absolute Gasteiger partial charge is 0.573 e. The number of aryl methyl sites for hydroxylation is 1. The average molecular weight is 371 g/mol. The zero-order valence-corrected chi connectivity index (χ0v) is 14.0. The second kappa shape index (κ2) is 7.51. The molecule has 140 valence electrons. The van der Waals surface area contributed by atoms with Crippen molar-refractivity contribution in [2.75, 3.05) is 7.05 Å². The first kappa shape index (κ1) is 19.4. The summed E-state index contributed by atoms with van der Waals surface area (Å²) in [6.07, 6.45) is -4.58. The molecule has 0 saturated heterocycles.